The maximum absolute atomic E-state index is 12.4. The van der Waals surface area contributed by atoms with Crippen LogP contribution in [0.2, 0.25) is 5.02 Å². The van der Waals surface area contributed by atoms with E-state index in [1.54, 1.807) is 0 Å². The SMILES string of the molecule is CC1C2CNCC2CN1C(=O)Cc1ccc(Cl)cc1. The summed E-state index contributed by atoms with van der Waals surface area (Å²) in [6.07, 6.45) is 0.481. The van der Waals surface area contributed by atoms with Gasteiger partial charge in [0.15, 0.2) is 0 Å². The Hall–Kier alpha value is -1.06. The number of rotatable bonds is 2. The molecule has 4 heteroatoms. The van der Waals surface area contributed by atoms with Crippen LogP contribution in [-0.4, -0.2) is 36.5 Å². The summed E-state index contributed by atoms with van der Waals surface area (Å²) < 4.78 is 0. The molecule has 0 radical (unpaired) electrons. The van der Waals surface area contributed by atoms with Gasteiger partial charge in [0, 0.05) is 30.7 Å². The van der Waals surface area contributed by atoms with Gasteiger partial charge in [-0.2, -0.15) is 0 Å². The van der Waals surface area contributed by atoms with Gasteiger partial charge < -0.3 is 10.2 Å². The van der Waals surface area contributed by atoms with Crippen LogP contribution in [0.4, 0.5) is 0 Å². The first-order valence-electron chi connectivity index (χ1n) is 6.90. The first-order valence-corrected chi connectivity index (χ1v) is 7.27. The Morgan fingerprint density at radius 2 is 2.11 bits per heavy atom. The molecule has 0 saturated carbocycles. The lowest BCUT2D eigenvalue weighted by atomic mass is 9.95. The number of benzene rings is 1. The summed E-state index contributed by atoms with van der Waals surface area (Å²) in [7, 11) is 0. The van der Waals surface area contributed by atoms with Crippen LogP contribution in [0.1, 0.15) is 12.5 Å². The van der Waals surface area contributed by atoms with Gasteiger partial charge >= 0.3 is 0 Å². The lowest BCUT2D eigenvalue weighted by Gasteiger charge is -2.24. The number of halogens is 1. The molecule has 2 heterocycles. The smallest absolute Gasteiger partial charge is 0.227 e. The average Bonchev–Trinajstić information content (AvgIpc) is 2.96. The molecule has 2 aliphatic rings. The van der Waals surface area contributed by atoms with Crippen molar-refractivity contribution >= 4 is 17.5 Å². The van der Waals surface area contributed by atoms with E-state index < -0.39 is 0 Å². The lowest BCUT2D eigenvalue weighted by molar-refractivity contribution is -0.131. The van der Waals surface area contributed by atoms with Crippen molar-refractivity contribution in [3.63, 3.8) is 0 Å². The monoisotopic (exact) mass is 278 g/mol. The van der Waals surface area contributed by atoms with E-state index in [0.717, 1.165) is 25.2 Å². The molecule has 2 saturated heterocycles. The van der Waals surface area contributed by atoms with Crippen LogP contribution in [0.3, 0.4) is 0 Å². The van der Waals surface area contributed by atoms with Crippen LogP contribution in [0.15, 0.2) is 24.3 Å². The van der Waals surface area contributed by atoms with Crippen molar-refractivity contribution in [3.8, 4) is 0 Å². The molecular formula is C15H19ClN2O. The minimum absolute atomic E-state index is 0.240. The molecule has 3 rings (SSSR count). The number of carbonyl (C=O) groups is 1. The molecule has 0 aromatic heterocycles. The van der Waals surface area contributed by atoms with Crippen molar-refractivity contribution < 1.29 is 4.79 Å². The number of nitrogens with one attached hydrogen (secondary N) is 1. The normalized spacial score (nSPS) is 29.6. The largest absolute Gasteiger partial charge is 0.339 e. The predicted molar refractivity (Wildman–Crippen MR) is 76.2 cm³/mol. The van der Waals surface area contributed by atoms with Gasteiger partial charge in [-0.1, -0.05) is 23.7 Å². The summed E-state index contributed by atoms with van der Waals surface area (Å²) in [5, 5.41) is 4.13. The zero-order chi connectivity index (χ0) is 13.4. The van der Waals surface area contributed by atoms with E-state index in [1.807, 2.05) is 24.3 Å². The van der Waals surface area contributed by atoms with Gasteiger partial charge in [-0.05, 0) is 36.5 Å². The van der Waals surface area contributed by atoms with Gasteiger partial charge in [0.2, 0.25) is 5.91 Å². The molecule has 1 aromatic rings. The Morgan fingerprint density at radius 3 is 2.79 bits per heavy atom. The van der Waals surface area contributed by atoms with E-state index in [1.165, 1.54) is 0 Å². The van der Waals surface area contributed by atoms with Crippen molar-refractivity contribution in [1.29, 1.82) is 0 Å². The van der Waals surface area contributed by atoms with Crippen LogP contribution < -0.4 is 5.32 Å². The van der Waals surface area contributed by atoms with E-state index in [-0.39, 0.29) is 5.91 Å². The molecule has 2 fully saturated rings. The predicted octanol–water partition coefficient (Wildman–Crippen LogP) is 1.95. The number of fused-ring (bicyclic) bond motifs is 1. The van der Waals surface area contributed by atoms with Gasteiger partial charge in [0.1, 0.15) is 0 Å². The second kappa shape index (κ2) is 5.14. The third kappa shape index (κ3) is 2.49. The Bertz CT molecular complexity index is 474. The molecule has 0 bridgehead atoms. The van der Waals surface area contributed by atoms with E-state index in [0.29, 0.717) is 29.3 Å². The number of amides is 1. The summed E-state index contributed by atoms with van der Waals surface area (Å²) in [5.41, 5.74) is 1.04. The van der Waals surface area contributed by atoms with Gasteiger partial charge in [0.25, 0.3) is 0 Å². The number of likely N-dealkylation sites (tertiary alicyclic amines) is 1. The molecule has 1 N–H and O–H groups in total. The molecule has 3 atom stereocenters. The van der Waals surface area contributed by atoms with Gasteiger partial charge in [-0.15, -0.1) is 0 Å². The molecular weight excluding hydrogens is 260 g/mol. The Kier molecular flexibility index (Phi) is 3.50. The van der Waals surface area contributed by atoms with Gasteiger partial charge in [-0.25, -0.2) is 0 Å². The summed E-state index contributed by atoms with van der Waals surface area (Å²) in [6.45, 7) is 5.19. The fourth-order valence-electron chi connectivity index (χ4n) is 3.38. The number of nitrogens with zero attached hydrogens (tertiary/aromatic N) is 1. The molecule has 2 aliphatic heterocycles. The minimum Gasteiger partial charge on any atom is -0.339 e. The maximum atomic E-state index is 12.4. The first-order chi connectivity index (χ1) is 9.15. The Balaban J connectivity index is 1.66. The fourth-order valence-corrected chi connectivity index (χ4v) is 3.50. The van der Waals surface area contributed by atoms with Gasteiger partial charge in [-0.3, -0.25) is 4.79 Å². The second-order valence-electron chi connectivity index (χ2n) is 5.67. The highest BCUT2D eigenvalue weighted by atomic mass is 35.5. The average molecular weight is 279 g/mol. The molecule has 19 heavy (non-hydrogen) atoms. The second-order valence-corrected chi connectivity index (χ2v) is 6.11. The van der Waals surface area contributed by atoms with E-state index in [4.69, 9.17) is 11.6 Å². The molecule has 1 aromatic carbocycles. The van der Waals surface area contributed by atoms with Crippen LogP contribution in [0.5, 0.6) is 0 Å². The van der Waals surface area contributed by atoms with Crippen molar-refractivity contribution in [2.75, 3.05) is 19.6 Å². The Morgan fingerprint density at radius 1 is 1.37 bits per heavy atom. The third-order valence-corrected chi connectivity index (χ3v) is 4.78. The van der Waals surface area contributed by atoms with Gasteiger partial charge in [0.05, 0.1) is 6.42 Å². The van der Waals surface area contributed by atoms with Crippen molar-refractivity contribution in [3.05, 3.63) is 34.9 Å². The third-order valence-electron chi connectivity index (χ3n) is 4.52. The van der Waals surface area contributed by atoms with Crippen LogP contribution in [0, 0.1) is 11.8 Å². The van der Waals surface area contributed by atoms with E-state index >= 15 is 0 Å². The molecule has 3 unspecified atom stereocenters. The lowest BCUT2D eigenvalue weighted by Crippen LogP contribution is -2.38. The summed E-state index contributed by atoms with van der Waals surface area (Å²) in [4.78, 5) is 14.5. The number of hydrogen-bond donors (Lipinski definition) is 1. The molecule has 102 valence electrons. The summed E-state index contributed by atoms with van der Waals surface area (Å²) >= 11 is 5.86. The zero-order valence-corrected chi connectivity index (χ0v) is 11.9. The number of hydrogen-bond acceptors (Lipinski definition) is 2. The molecule has 1 amide bonds. The summed E-state index contributed by atoms with van der Waals surface area (Å²) in [6, 6.07) is 7.92. The highest BCUT2D eigenvalue weighted by molar-refractivity contribution is 6.30. The van der Waals surface area contributed by atoms with Crippen molar-refractivity contribution in [2.24, 2.45) is 11.8 Å². The highest BCUT2D eigenvalue weighted by Gasteiger charge is 2.43. The topological polar surface area (TPSA) is 32.3 Å². The molecule has 0 aliphatic carbocycles. The number of carbonyl (C=O) groups excluding carboxylic acids is 1. The van der Waals surface area contributed by atoms with Crippen molar-refractivity contribution in [1.82, 2.24) is 10.2 Å². The van der Waals surface area contributed by atoms with Crippen LogP contribution >= 0.6 is 11.6 Å². The Labute approximate surface area is 118 Å². The standard InChI is InChI=1S/C15H19ClN2O/c1-10-14-8-17-7-12(14)9-18(10)15(19)6-11-2-4-13(16)5-3-11/h2-5,10,12,14,17H,6-9H2,1H3. The molecule has 3 nitrogen and oxygen atoms in total. The zero-order valence-electron chi connectivity index (χ0n) is 11.1. The van der Waals surface area contributed by atoms with E-state index in [9.17, 15) is 4.79 Å². The minimum atomic E-state index is 0.240. The highest BCUT2D eigenvalue weighted by Crippen LogP contribution is 2.32. The maximum Gasteiger partial charge on any atom is 0.227 e. The first kappa shape index (κ1) is 12.9. The molecule has 0 spiro atoms. The van der Waals surface area contributed by atoms with Crippen LogP contribution in [0.25, 0.3) is 0 Å². The van der Waals surface area contributed by atoms with E-state index in [2.05, 4.69) is 17.1 Å². The van der Waals surface area contributed by atoms with Crippen LogP contribution in [-0.2, 0) is 11.2 Å². The quantitative estimate of drug-likeness (QED) is 0.897. The summed E-state index contributed by atoms with van der Waals surface area (Å²) in [5.74, 6) is 1.52. The van der Waals surface area contributed by atoms with Crippen molar-refractivity contribution in [2.45, 2.75) is 19.4 Å². The fraction of sp³-hybridized carbons (Fsp3) is 0.533.